The number of carbonyl (C=O) groups is 1. The molecule has 0 radical (unpaired) electrons. The maximum Gasteiger partial charge on any atom is 0.180 e. The van der Waals surface area contributed by atoms with Crippen molar-refractivity contribution in [3.63, 3.8) is 0 Å². The van der Waals surface area contributed by atoms with Crippen molar-refractivity contribution < 1.29 is 9.53 Å². The van der Waals surface area contributed by atoms with Gasteiger partial charge in [-0.15, -0.1) is 0 Å². The minimum atomic E-state index is 0.0743. The van der Waals surface area contributed by atoms with Crippen molar-refractivity contribution in [1.82, 2.24) is 10.2 Å². The second kappa shape index (κ2) is 9.50. The second-order valence-corrected chi connectivity index (χ2v) is 4.68. The molecule has 1 N–H and O–H groups in total. The number of carbonyl (C=O) groups excluding carboxylic acids is 1. The summed E-state index contributed by atoms with van der Waals surface area (Å²) in [5, 5.41) is 3.21. The number of rotatable bonds is 10. The van der Waals surface area contributed by atoms with Crippen LogP contribution in [0.5, 0.6) is 5.75 Å². The zero-order valence-electron chi connectivity index (χ0n) is 12.8. The molecule has 4 nitrogen and oxygen atoms in total. The van der Waals surface area contributed by atoms with Crippen molar-refractivity contribution >= 4 is 5.78 Å². The van der Waals surface area contributed by atoms with Crippen LogP contribution >= 0.6 is 0 Å². The first-order valence-corrected chi connectivity index (χ1v) is 7.32. The number of para-hydroxylation sites is 1. The van der Waals surface area contributed by atoms with E-state index in [0.29, 0.717) is 17.9 Å². The highest BCUT2D eigenvalue weighted by Gasteiger charge is 2.10. The highest BCUT2D eigenvalue weighted by Crippen LogP contribution is 2.17. The molecule has 20 heavy (non-hydrogen) atoms. The molecule has 112 valence electrons. The summed E-state index contributed by atoms with van der Waals surface area (Å²) in [7, 11) is 1.59. The molecule has 0 aliphatic rings. The summed E-state index contributed by atoms with van der Waals surface area (Å²) in [6.07, 6.45) is 1.06. The van der Waals surface area contributed by atoms with E-state index >= 15 is 0 Å². The Morgan fingerprint density at radius 2 is 1.95 bits per heavy atom. The highest BCUT2D eigenvalue weighted by atomic mass is 16.5. The van der Waals surface area contributed by atoms with Crippen LogP contribution in [0.25, 0.3) is 0 Å². The standard InChI is InChI=1S/C16H26N2O2/c1-4-18(5-2)12-8-11-17-13-15(19)14-9-6-7-10-16(14)20-3/h6-7,9-10,17H,4-5,8,11-13H2,1-3H3. The Labute approximate surface area is 122 Å². The predicted molar refractivity (Wildman–Crippen MR) is 82.6 cm³/mol. The van der Waals surface area contributed by atoms with E-state index in [4.69, 9.17) is 4.74 Å². The molecule has 0 aromatic heterocycles. The summed E-state index contributed by atoms with van der Waals surface area (Å²) in [4.78, 5) is 14.5. The number of nitrogens with one attached hydrogen (secondary N) is 1. The second-order valence-electron chi connectivity index (χ2n) is 4.68. The molecular weight excluding hydrogens is 252 g/mol. The number of hydrogen-bond donors (Lipinski definition) is 1. The van der Waals surface area contributed by atoms with Crippen molar-refractivity contribution in [3.05, 3.63) is 29.8 Å². The van der Waals surface area contributed by atoms with Gasteiger partial charge in [0.25, 0.3) is 0 Å². The fourth-order valence-electron chi connectivity index (χ4n) is 2.14. The Balaban J connectivity index is 2.30. The molecule has 0 aliphatic carbocycles. The van der Waals surface area contributed by atoms with Gasteiger partial charge in [0.2, 0.25) is 0 Å². The van der Waals surface area contributed by atoms with Crippen LogP contribution in [0.1, 0.15) is 30.6 Å². The van der Waals surface area contributed by atoms with Crippen molar-refractivity contribution in [2.75, 3.05) is 39.8 Å². The monoisotopic (exact) mass is 278 g/mol. The predicted octanol–water partition coefficient (Wildman–Crippen LogP) is 2.20. The normalized spacial score (nSPS) is 10.8. The van der Waals surface area contributed by atoms with E-state index in [1.165, 1.54) is 0 Å². The van der Waals surface area contributed by atoms with Gasteiger partial charge in [-0.3, -0.25) is 4.79 Å². The van der Waals surface area contributed by atoms with E-state index < -0.39 is 0 Å². The fraction of sp³-hybridized carbons (Fsp3) is 0.562. The quantitative estimate of drug-likeness (QED) is 0.526. The van der Waals surface area contributed by atoms with E-state index in [1.54, 1.807) is 13.2 Å². The van der Waals surface area contributed by atoms with Gasteiger partial charge >= 0.3 is 0 Å². The van der Waals surface area contributed by atoms with Gasteiger partial charge in [0.15, 0.2) is 5.78 Å². The Kier molecular flexibility index (Phi) is 7.92. The minimum Gasteiger partial charge on any atom is -0.496 e. The number of methoxy groups -OCH3 is 1. The first-order chi connectivity index (χ1) is 9.72. The van der Waals surface area contributed by atoms with Gasteiger partial charge in [-0.25, -0.2) is 0 Å². The van der Waals surface area contributed by atoms with E-state index in [2.05, 4.69) is 24.1 Å². The third-order valence-corrected chi connectivity index (χ3v) is 3.42. The molecule has 0 fully saturated rings. The van der Waals surface area contributed by atoms with Crippen LogP contribution in [0.2, 0.25) is 0 Å². The number of nitrogens with zero attached hydrogens (tertiary/aromatic N) is 1. The summed E-state index contributed by atoms with van der Waals surface area (Å²) < 4.78 is 5.20. The summed E-state index contributed by atoms with van der Waals surface area (Å²) in [6, 6.07) is 7.34. The van der Waals surface area contributed by atoms with E-state index in [0.717, 1.165) is 32.6 Å². The molecule has 1 aromatic rings. The maximum absolute atomic E-state index is 12.1. The lowest BCUT2D eigenvalue weighted by atomic mass is 10.1. The van der Waals surface area contributed by atoms with Crippen LogP contribution in [0.4, 0.5) is 0 Å². The molecule has 1 aromatic carbocycles. The lowest BCUT2D eigenvalue weighted by molar-refractivity contribution is 0.0988. The number of benzene rings is 1. The van der Waals surface area contributed by atoms with Gasteiger partial charge in [-0.05, 0) is 44.7 Å². The summed E-state index contributed by atoms with van der Waals surface area (Å²) in [6.45, 7) is 8.79. The largest absolute Gasteiger partial charge is 0.496 e. The maximum atomic E-state index is 12.1. The van der Waals surface area contributed by atoms with Crippen LogP contribution < -0.4 is 10.1 Å². The zero-order valence-corrected chi connectivity index (χ0v) is 12.8. The molecule has 0 saturated heterocycles. The summed E-state index contributed by atoms with van der Waals surface area (Å²) in [5.74, 6) is 0.715. The van der Waals surface area contributed by atoms with E-state index in [1.807, 2.05) is 18.2 Å². The Bertz CT molecular complexity index is 403. The molecule has 0 bridgehead atoms. The third-order valence-electron chi connectivity index (χ3n) is 3.42. The number of Topliss-reactive ketones (excluding diaryl/α,β-unsaturated/α-hetero) is 1. The lowest BCUT2D eigenvalue weighted by Crippen LogP contribution is -2.29. The Morgan fingerprint density at radius 3 is 2.60 bits per heavy atom. The van der Waals surface area contributed by atoms with Crippen LogP contribution in [0.3, 0.4) is 0 Å². The fourth-order valence-corrected chi connectivity index (χ4v) is 2.14. The molecule has 1 rings (SSSR count). The van der Waals surface area contributed by atoms with Crippen molar-refractivity contribution in [2.24, 2.45) is 0 Å². The highest BCUT2D eigenvalue weighted by molar-refractivity contribution is 6.00. The van der Waals surface area contributed by atoms with Gasteiger partial charge < -0.3 is 15.0 Å². The van der Waals surface area contributed by atoms with Gasteiger partial charge in [0.1, 0.15) is 5.75 Å². The topological polar surface area (TPSA) is 41.6 Å². The lowest BCUT2D eigenvalue weighted by Gasteiger charge is -2.17. The molecular formula is C16H26N2O2. The number of hydrogen-bond acceptors (Lipinski definition) is 4. The molecule has 0 spiro atoms. The van der Waals surface area contributed by atoms with Crippen LogP contribution in [0, 0.1) is 0 Å². The van der Waals surface area contributed by atoms with E-state index in [-0.39, 0.29) is 5.78 Å². The Hall–Kier alpha value is -1.39. The molecule has 0 atom stereocenters. The number of ether oxygens (including phenoxy) is 1. The van der Waals surface area contributed by atoms with E-state index in [9.17, 15) is 4.79 Å². The van der Waals surface area contributed by atoms with Gasteiger partial charge in [-0.1, -0.05) is 26.0 Å². The smallest absolute Gasteiger partial charge is 0.180 e. The van der Waals surface area contributed by atoms with Crippen molar-refractivity contribution in [1.29, 1.82) is 0 Å². The molecule has 4 heteroatoms. The zero-order chi connectivity index (χ0) is 14.8. The van der Waals surface area contributed by atoms with Crippen LogP contribution in [0.15, 0.2) is 24.3 Å². The molecule has 0 amide bonds. The molecule has 0 heterocycles. The first kappa shape index (κ1) is 16.7. The van der Waals surface area contributed by atoms with Gasteiger partial charge in [0, 0.05) is 0 Å². The molecule has 0 aliphatic heterocycles. The summed E-state index contributed by atoms with van der Waals surface area (Å²) >= 11 is 0. The van der Waals surface area contributed by atoms with Gasteiger partial charge in [0.05, 0.1) is 19.2 Å². The van der Waals surface area contributed by atoms with Crippen molar-refractivity contribution in [2.45, 2.75) is 20.3 Å². The van der Waals surface area contributed by atoms with Crippen LogP contribution in [-0.2, 0) is 0 Å². The van der Waals surface area contributed by atoms with Crippen molar-refractivity contribution in [3.8, 4) is 5.75 Å². The molecule has 0 unspecified atom stereocenters. The third kappa shape index (κ3) is 5.31. The number of ketones is 1. The minimum absolute atomic E-state index is 0.0743. The van der Waals surface area contributed by atoms with Crippen LogP contribution in [-0.4, -0.2) is 50.5 Å². The molecule has 0 saturated carbocycles. The van der Waals surface area contributed by atoms with Gasteiger partial charge in [-0.2, -0.15) is 0 Å². The summed E-state index contributed by atoms with van der Waals surface area (Å²) in [5.41, 5.74) is 0.645. The average Bonchev–Trinajstić information content (AvgIpc) is 2.50. The first-order valence-electron chi connectivity index (χ1n) is 7.32. The average molecular weight is 278 g/mol. The SMILES string of the molecule is CCN(CC)CCCNCC(=O)c1ccccc1OC. The Morgan fingerprint density at radius 1 is 1.25 bits per heavy atom.